The molecule has 0 bridgehead atoms. The van der Waals surface area contributed by atoms with Crippen molar-refractivity contribution in [1.29, 1.82) is 5.26 Å². The van der Waals surface area contributed by atoms with Crippen LogP contribution in [-0.4, -0.2) is 6.04 Å². The fourth-order valence-corrected chi connectivity index (χ4v) is 2.80. The number of anilines is 2. The van der Waals surface area contributed by atoms with E-state index in [0.29, 0.717) is 17.3 Å². The Kier molecular flexibility index (Phi) is 4.09. The van der Waals surface area contributed by atoms with E-state index in [4.69, 9.17) is 11.0 Å². The molecule has 1 fully saturated rings. The molecule has 0 spiro atoms. The number of para-hydroxylation sites is 1. The zero-order valence-electron chi connectivity index (χ0n) is 10.9. The van der Waals surface area contributed by atoms with Gasteiger partial charge in [-0.05, 0) is 30.9 Å². The van der Waals surface area contributed by atoms with E-state index in [1.165, 1.54) is 32.1 Å². The molecule has 2 rings (SSSR count). The van der Waals surface area contributed by atoms with E-state index in [-0.39, 0.29) is 0 Å². The first kappa shape index (κ1) is 12.8. The Labute approximate surface area is 109 Å². The van der Waals surface area contributed by atoms with Crippen molar-refractivity contribution in [2.24, 2.45) is 5.92 Å². The molecule has 0 aromatic heterocycles. The summed E-state index contributed by atoms with van der Waals surface area (Å²) in [5.74, 6) is 0.830. The quantitative estimate of drug-likeness (QED) is 0.798. The molecule has 2 atom stereocenters. The van der Waals surface area contributed by atoms with Gasteiger partial charge in [0.1, 0.15) is 6.07 Å². The maximum absolute atomic E-state index is 8.97. The zero-order valence-corrected chi connectivity index (χ0v) is 10.9. The van der Waals surface area contributed by atoms with Crippen molar-refractivity contribution >= 4 is 11.4 Å². The van der Waals surface area contributed by atoms with Crippen molar-refractivity contribution in [3.05, 3.63) is 23.8 Å². The molecule has 1 saturated carbocycles. The van der Waals surface area contributed by atoms with E-state index in [1.54, 1.807) is 6.07 Å². The predicted octanol–water partition coefficient (Wildman–Crippen LogP) is 3.52. The highest BCUT2D eigenvalue weighted by Gasteiger charge is 2.21. The first-order chi connectivity index (χ1) is 8.74. The van der Waals surface area contributed by atoms with Crippen LogP contribution in [0.3, 0.4) is 0 Å². The Bertz CT molecular complexity index is 448. The molecule has 0 saturated heterocycles. The maximum atomic E-state index is 8.97. The largest absolute Gasteiger partial charge is 0.396 e. The summed E-state index contributed by atoms with van der Waals surface area (Å²) in [6.45, 7) is 2.26. The molecule has 0 radical (unpaired) electrons. The highest BCUT2D eigenvalue weighted by atomic mass is 14.9. The average Bonchev–Trinajstić information content (AvgIpc) is 2.41. The Morgan fingerprint density at radius 3 is 3.00 bits per heavy atom. The van der Waals surface area contributed by atoms with Gasteiger partial charge in [0.25, 0.3) is 0 Å². The smallest absolute Gasteiger partial charge is 0.101 e. The van der Waals surface area contributed by atoms with E-state index in [0.717, 1.165) is 11.6 Å². The van der Waals surface area contributed by atoms with Crippen molar-refractivity contribution in [3.8, 4) is 6.07 Å². The number of nitrogens with two attached hydrogens (primary N) is 1. The van der Waals surface area contributed by atoms with E-state index in [1.807, 2.05) is 12.1 Å². The van der Waals surface area contributed by atoms with Crippen LogP contribution in [0.2, 0.25) is 0 Å². The maximum Gasteiger partial charge on any atom is 0.101 e. The molecule has 3 N–H and O–H groups in total. The van der Waals surface area contributed by atoms with Gasteiger partial charge in [0.05, 0.1) is 16.9 Å². The van der Waals surface area contributed by atoms with E-state index >= 15 is 0 Å². The van der Waals surface area contributed by atoms with Gasteiger partial charge in [-0.15, -0.1) is 0 Å². The molecule has 2 unspecified atom stereocenters. The second kappa shape index (κ2) is 5.77. The summed E-state index contributed by atoms with van der Waals surface area (Å²) in [5.41, 5.74) is 8.05. The first-order valence-electron chi connectivity index (χ1n) is 6.79. The van der Waals surface area contributed by atoms with Crippen LogP contribution in [0.5, 0.6) is 0 Å². The van der Waals surface area contributed by atoms with Gasteiger partial charge in [0.15, 0.2) is 0 Å². The van der Waals surface area contributed by atoms with Crippen LogP contribution < -0.4 is 11.1 Å². The summed E-state index contributed by atoms with van der Waals surface area (Å²) >= 11 is 0. The number of nitriles is 1. The fraction of sp³-hybridized carbons (Fsp3) is 0.533. The Morgan fingerprint density at radius 1 is 1.44 bits per heavy atom. The molecule has 1 aliphatic carbocycles. The lowest BCUT2D eigenvalue weighted by Crippen LogP contribution is -2.27. The lowest BCUT2D eigenvalue weighted by atomic mass is 9.84. The van der Waals surface area contributed by atoms with Gasteiger partial charge in [-0.2, -0.15) is 5.26 Å². The second-order valence-electron chi connectivity index (χ2n) is 5.16. The third-order valence-corrected chi connectivity index (χ3v) is 3.95. The predicted molar refractivity (Wildman–Crippen MR) is 75.2 cm³/mol. The number of hydrogen-bond donors (Lipinski definition) is 2. The molecule has 1 aromatic carbocycles. The fourth-order valence-electron chi connectivity index (χ4n) is 2.80. The topological polar surface area (TPSA) is 61.8 Å². The summed E-state index contributed by atoms with van der Waals surface area (Å²) in [6, 6.07) is 8.24. The summed E-state index contributed by atoms with van der Waals surface area (Å²) in [4.78, 5) is 0. The van der Waals surface area contributed by atoms with Crippen LogP contribution in [0.25, 0.3) is 0 Å². The van der Waals surface area contributed by atoms with Crippen molar-refractivity contribution in [2.45, 2.75) is 45.1 Å². The van der Waals surface area contributed by atoms with Gasteiger partial charge in [-0.25, -0.2) is 0 Å². The van der Waals surface area contributed by atoms with E-state index < -0.39 is 0 Å². The summed E-state index contributed by atoms with van der Waals surface area (Å²) in [6.07, 6.45) is 6.31. The molecule has 1 aliphatic rings. The standard InChI is InChI=1S/C15H21N3/c1-2-11-5-3-7-13(9-11)18-14-8-4-6-12(10-16)15(14)17/h4,6,8,11,13,18H,2-3,5,7,9,17H2,1H3. The van der Waals surface area contributed by atoms with Gasteiger partial charge in [0.2, 0.25) is 0 Å². The molecule has 0 amide bonds. The third-order valence-electron chi connectivity index (χ3n) is 3.95. The second-order valence-corrected chi connectivity index (χ2v) is 5.16. The minimum atomic E-state index is 0.500. The van der Waals surface area contributed by atoms with Crippen molar-refractivity contribution < 1.29 is 0 Å². The third kappa shape index (κ3) is 2.76. The van der Waals surface area contributed by atoms with Crippen molar-refractivity contribution in [1.82, 2.24) is 0 Å². The van der Waals surface area contributed by atoms with Crippen LogP contribution >= 0.6 is 0 Å². The summed E-state index contributed by atoms with van der Waals surface area (Å²) in [7, 11) is 0. The molecular formula is C15H21N3. The normalized spacial score (nSPS) is 23.3. The zero-order chi connectivity index (χ0) is 13.0. The Hall–Kier alpha value is -1.69. The lowest BCUT2D eigenvalue weighted by Gasteiger charge is -2.30. The van der Waals surface area contributed by atoms with Gasteiger partial charge in [-0.1, -0.05) is 32.3 Å². The number of hydrogen-bond acceptors (Lipinski definition) is 3. The summed E-state index contributed by atoms with van der Waals surface area (Å²) in [5, 5.41) is 12.5. The highest BCUT2D eigenvalue weighted by Crippen LogP contribution is 2.30. The van der Waals surface area contributed by atoms with Crippen molar-refractivity contribution in [2.75, 3.05) is 11.1 Å². The average molecular weight is 243 g/mol. The molecule has 96 valence electrons. The number of nitrogens with zero attached hydrogens (tertiary/aromatic N) is 1. The minimum absolute atomic E-state index is 0.500. The first-order valence-corrected chi connectivity index (χ1v) is 6.79. The Balaban J connectivity index is 2.07. The van der Waals surface area contributed by atoms with Crippen LogP contribution in [0.15, 0.2) is 18.2 Å². The van der Waals surface area contributed by atoms with Crippen LogP contribution in [0.4, 0.5) is 11.4 Å². The SMILES string of the molecule is CCC1CCCC(Nc2cccc(C#N)c2N)C1. The van der Waals surface area contributed by atoms with Gasteiger partial charge in [-0.3, -0.25) is 0 Å². The number of rotatable bonds is 3. The Morgan fingerprint density at radius 2 is 2.28 bits per heavy atom. The molecule has 0 aliphatic heterocycles. The van der Waals surface area contributed by atoms with Crippen LogP contribution in [0, 0.1) is 17.2 Å². The molecular weight excluding hydrogens is 222 g/mol. The van der Waals surface area contributed by atoms with E-state index in [2.05, 4.69) is 18.3 Å². The molecule has 18 heavy (non-hydrogen) atoms. The van der Waals surface area contributed by atoms with Gasteiger partial charge < -0.3 is 11.1 Å². The number of nitrogen functional groups attached to an aromatic ring is 1. The molecule has 0 heterocycles. The van der Waals surface area contributed by atoms with Crippen LogP contribution in [0.1, 0.15) is 44.6 Å². The minimum Gasteiger partial charge on any atom is -0.396 e. The van der Waals surface area contributed by atoms with Crippen LogP contribution in [-0.2, 0) is 0 Å². The molecule has 3 nitrogen and oxygen atoms in total. The van der Waals surface area contributed by atoms with Gasteiger partial charge in [0, 0.05) is 6.04 Å². The van der Waals surface area contributed by atoms with Gasteiger partial charge >= 0.3 is 0 Å². The molecule has 3 heteroatoms. The monoisotopic (exact) mass is 243 g/mol. The summed E-state index contributed by atoms with van der Waals surface area (Å²) < 4.78 is 0. The number of nitrogens with one attached hydrogen (secondary N) is 1. The molecule has 1 aromatic rings. The highest BCUT2D eigenvalue weighted by molar-refractivity contribution is 5.73. The number of benzene rings is 1. The van der Waals surface area contributed by atoms with E-state index in [9.17, 15) is 0 Å². The lowest BCUT2D eigenvalue weighted by molar-refractivity contribution is 0.327. The van der Waals surface area contributed by atoms with Crippen molar-refractivity contribution in [3.63, 3.8) is 0 Å².